The van der Waals surface area contributed by atoms with Crippen molar-refractivity contribution >= 4 is 89.8 Å². The number of ether oxygens (including phenoxy) is 2. The molecule has 24 nitrogen and oxygen atoms in total. The van der Waals surface area contributed by atoms with Crippen LogP contribution in [0.1, 0.15) is 0 Å². The van der Waals surface area contributed by atoms with Gasteiger partial charge in [0, 0.05) is 21.1 Å². The zero-order chi connectivity index (χ0) is 35.3. The number of H-pyrrole nitrogens is 1. The summed E-state index contributed by atoms with van der Waals surface area (Å²) in [5.41, 5.74) is 10.4. The van der Waals surface area contributed by atoms with Crippen LogP contribution in [0.15, 0.2) is 44.4 Å². The number of carbonyl (C=O) groups is 1. The third kappa shape index (κ3) is 10.6. The number of anilines is 1. The summed E-state index contributed by atoms with van der Waals surface area (Å²) in [5.74, 6) is -0.528. The second-order valence-corrected chi connectivity index (χ2v) is 14.2. The maximum absolute atomic E-state index is 11.9. The third-order valence-electron chi connectivity index (χ3n) is 6.60. The Bertz CT molecular complexity index is 1940. The Morgan fingerprint density at radius 3 is 1.94 bits per heavy atom. The molecule has 51 heavy (non-hydrogen) atoms. The number of nitrogen functional groups attached to an aromatic ring is 1. The standard InChI is InChI=1S/C10H14N5O6PS2.C10H12N5O6PS2.2H2O.W/c2*11-10-14-7-4(8(16)15-10)12-3-6(24)5(23)2(21-9(3)13-7)1-20-22(17,18)19;;;/h2-4,9,12,23-24H,1H2,(H2,17,18,19)(H3,11,13,14,15,16);2-3,9,23-24H,1H2,(H2,17,18,19)(H3,11,13,14,15,16);2*1H2;/p-4/t2-,3+,4?,9-;2-,3+,9-;;;/m11.../s1. The van der Waals surface area contributed by atoms with E-state index in [1.54, 1.807) is 0 Å². The van der Waals surface area contributed by atoms with Gasteiger partial charge in [0.25, 0.3) is 11.5 Å². The van der Waals surface area contributed by atoms with E-state index in [-0.39, 0.29) is 80.2 Å². The van der Waals surface area contributed by atoms with Crippen molar-refractivity contribution in [3.8, 4) is 0 Å². The van der Waals surface area contributed by atoms with E-state index in [0.29, 0.717) is 0 Å². The Morgan fingerprint density at radius 1 is 0.824 bits per heavy atom. The molecule has 0 spiro atoms. The molecule has 0 bridgehead atoms. The van der Waals surface area contributed by atoms with Crippen LogP contribution in [0.2, 0.25) is 0 Å². The van der Waals surface area contributed by atoms with Crippen molar-refractivity contribution in [3.63, 3.8) is 0 Å². The molecule has 6 rings (SSSR count). The van der Waals surface area contributed by atoms with E-state index in [1.165, 1.54) is 0 Å². The molecular formula is C20H26N10O14P2S4W-4. The fourth-order valence-corrected chi connectivity index (χ4v) is 6.34. The molecule has 0 fully saturated rings. The first-order valence-electron chi connectivity index (χ1n) is 13.0. The summed E-state index contributed by atoms with van der Waals surface area (Å²) < 4.78 is 41.6. The zero-order valence-corrected chi connectivity index (χ0v) is 32.8. The van der Waals surface area contributed by atoms with Gasteiger partial charge in [-0.3, -0.25) is 39.2 Å². The van der Waals surface area contributed by atoms with Gasteiger partial charge in [-0.2, -0.15) is 29.6 Å². The van der Waals surface area contributed by atoms with E-state index in [2.05, 4.69) is 49.6 Å². The quantitative estimate of drug-likeness (QED) is 0.0944. The van der Waals surface area contributed by atoms with Gasteiger partial charge >= 0.3 is 15.6 Å². The van der Waals surface area contributed by atoms with Crippen molar-refractivity contribution in [1.29, 1.82) is 0 Å². The van der Waals surface area contributed by atoms with Gasteiger partial charge in [0.15, 0.2) is 29.1 Å². The molecule has 0 saturated heterocycles. The Morgan fingerprint density at radius 2 is 1.37 bits per heavy atom. The molecule has 5 aliphatic heterocycles. The molecule has 15 N–H and O–H groups in total. The topological polar surface area (TPSA) is 403 Å². The molecular weight excluding hydrogens is 978 g/mol. The maximum Gasteiger partial charge on any atom is 0.469 e. The number of nitrogens with two attached hydrogens (primary N) is 2. The van der Waals surface area contributed by atoms with Crippen LogP contribution in [0, 0.1) is 0 Å². The number of amides is 1. The van der Waals surface area contributed by atoms with Crippen LogP contribution in [-0.4, -0.2) is 114 Å². The van der Waals surface area contributed by atoms with Crippen molar-refractivity contribution in [3.05, 3.63) is 40.8 Å². The molecule has 0 radical (unpaired) electrons. The number of aromatic nitrogens is 2. The Kier molecular flexibility index (Phi) is 15.4. The summed E-state index contributed by atoms with van der Waals surface area (Å²) in [6.07, 6.45) is -3.76. The predicted octanol–water partition coefficient (Wildman–Crippen LogP) is -7.23. The summed E-state index contributed by atoms with van der Waals surface area (Å²) in [6.45, 7) is -0.980. The molecule has 1 aromatic rings. The largest absolute Gasteiger partial charge is 0.784 e. The third-order valence-corrected chi connectivity index (χ3v) is 9.73. The van der Waals surface area contributed by atoms with Crippen LogP contribution < -0.4 is 38.5 Å². The summed E-state index contributed by atoms with van der Waals surface area (Å²) >= 11 is 20.8. The van der Waals surface area contributed by atoms with Gasteiger partial charge in [-0.25, -0.2) is 19.1 Å². The van der Waals surface area contributed by atoms with Crippen molar-refractivity contribution in [2.45, 2.75) is 42.8 Å². The van der Waals surface area contributed by atoms with Gasteiger partial charge in [0.2, 0.25) is 11.9 Å². The molecule has 1 unspecified atom stereocenters. The number of hydrogen-bond acceptors (Lipinski definition) is 20. The SMILES string of the molecule is NC1=NC2=N[C@@H]3O[C@H](COP(=O)(O)O)C([S-])=C([S-])[C@@H]3NC2C(=O)N1.Nc1nc2c(c(=O)[nH]1)=N[C@H]1C([S-])=C([S-])[C@@H](COP(=O)(O)O)O[C@H]1N=2.O.O.[W]. The smallest absolute Gasteiger partial charge is 0.469 e. The van der Waals surface area contributed by atoms with E-state index < -0.39 is 83.1 Å². The Labute approximate surface area is 321 Å². The average Bonchev–Trinajstić information content (AvgIpc) is 2.97. The number of nitrogens with one attached hydrogen (secondary N) is 3. The van der Waals surface area contributed by atoms with Gasteiger partial charge in [0.1, 0.15) is 6.04 Å². The number of hydrogen-bond donors (Lipinski definition) is 9. The van der Waals surface area contributed by atoms with Crippen LogP contribution in [-0.2, 0) is 104 Å². The summed E-state index contributed by atoms with van der Waals surface area (Å²) in [7, 11) is -9.37. The molecule has 31 heteroatoms. The number of amidine groups is 1. The number of phosphoric ester groups is 2. The second-order valence-electron chi connectivity index (χ2n) is 9.94. The predicted molar refractivity (Wildman–Crippen MR) is 177 cm³/mol. The first-order valence-corrected chi connectivity index (χ1v) is 17.7. The molecule has 0 aromatic carbocycles. The summed E-state index contributed by atoms with van der Waals surface area (Å²) in [5, 5.41) is 5.28. The number of fused-ring (bicyclic) bond motifs is 4. The fraction of sp³-hybridized carbons (Fsp3) is 0.450. The zero-order valence-electron chi connectivity index (χ0n) is 24.8. The molecule has 1 aromatic heterocycles. The summed E-state index contributed by atoms with van der Waals surface area (Å²) in [4.78, 5) is 82.3. The van der Waals surface area contributed by atoms with Gasteiger partial charge in [-0.1, -0.05) is 0 Å². The maximum atomic E-state index is 11.9. The number of nitrogens with zero attached hydrogens (tertiary/aromatic N) is 5. The van der Waals surface area contributed by atoms with Crippen molar-refractivity contribution in [1.82, 2.24) is 20.6 Å². The number of aromatic amines is 1. The molecule has 0 saturated carbocycles. The van der Waals surface area contributed by atoms with E-state index in [0.717, 1.165) is 0 Å². The van der Waals surface area contributed by atoms with Crippen molar-refractivity contribution in [2.24, 2.45) is 25.7 Å². The Hall–Kier alpha value is -2.04. The molecule has 1 amide bonds. The van der Waals surface area contributed by atoms with Crippen LogP contribution in [0.3, 0.4) is 0 Å². The minimum atomic E-state index is -4.69. The van der Waals surface area contributed by atoms with E-state index in [9.17, 15) is 18.7 Å². The molecule has 0 aliphatic carbocycles. The number of phosphoric acid groups is 2. The van der Waals surface area contributed by atoms with E-state index in [4.69, 9.17) is 91.0 Å². The molecule has 284 valence electrons. The van der Waals surface area contributed by atoms with Crippen LogP contribution in [0.5, 0.6) is 0 Å². The van der Waals surface area contributed by atoms with E-state index >= 15 is 0 Å². The normalized spacial score (nSPS) is 27.9. The molecule has 5 aliphatic rings. The molecule has 7 atom stereocenters. The first kappa shape index (κ1) is 45.1. The average molecular weight is 1000 g/mol. The van der Waals surface area contributed by atoms with Crippen LogP contribution >= 0.6 is 15.6 Å². The van der Waals surface area contributed by atoms with Crippen molar-refractivity contribution in [2.75, 3.05) is 18.9 Å². The van der Waals surface area contributed by atoms with E-state index in [1.807, 2.05) is 0 Å². The van der Waals surface area contributed by atoms with Gasteiger partial charge in [-0.15, -0.1) is 0 Å². The first-order chi connectivity index (χ1) is 22.3. The second kappa shape index (κ2) is 17.4. The Balaban J connectivity index is 0.000000334. The van der Waals surface area contributed by atoms with Crippen LogP contribution in [0.4, 0.5) is 5.95 Å². The van der Waals surface area contributed by atoms with Gasteiger partial charge in [0.05, 0.1) is 37.5 Å². The summed E-state index contributed by atoms with van der Waals surface area (Å²) in [6, 6.07) is -2.29. The van der Waals surface area contributed by atoms with Gasteiger partial charge < -0.3 is 102 Å². The number of guanidine groups is 1. The number of aliphatic imine (C=N–C) groups is 2. The molecule has 6 heterocycles. The van der Waals surface area contributed by atoms with Crippen molar-refractivity contribution < 1.29 is 84.0 Å². The number of rotatable bonds is 6. The minimum absolute atomic E-state index is 0. The van der Waals surface area contributed by atoms with Crippen LogP contribution in [0.25, 0.3) is 0 Å². The minimum Gasteiger partial charge on any atom is -0.784 e. The fourth-order valence-electron chi connectivity index (χ4n) is 4.57. The number of carbonyl (C=O) groups excluding carboxylic acids is 1. The van der Waals surface area contributed by atoms with Gasteiger partial charge in [-0.05, 0) is 0 Å². The monoisotopic (exact) mass is 1000 g/mol.